The number of hydrogen-bond donors (Lipinski definition) is 0. The van der Waals surface area contributed by atoms with E-state index in [2.05, 4.69) is 26.8 Å². The maximum Gasteiger partial charge on any atom is 0.306 e. The van der Waals surface area contributed by atoms with Gasteiger partial charge in [0.05, 0.1) is 0 Å². The lowest BCUT2D eigenvalue weighted by Gasteiger charge is -2.33. The van der Waals surface area contributed by atoms with E-state index < -0.39 is 0 Å². The molecule has 2 rings (SSSR count). The highest BCUT2D eigenvalue weighted by Crippen LogP contribution is 2.32. The van der Waals surface area contributed by atoms with Crippen molar-refractivity contribution >= 4 is 11.9 Å². The first-order valence-corrected chi connectivity index (χ1v) is 10.8. The van der Waals surface area contributed by atoms with E-state index in [4.69, 9.17) is 4.74 Å². The maximum absolute atomic E-state index is 12.1. The number of rotatable bonds is 8. The van der Waals surface area contributed by atoms with E-state index in [1.807, 2.05) is 35.2 Å². The largest absolute Gasteiger partial charge is 0.461 e. The lowest BCUT2D eigenvalue weighted by atomic mass is 9.90. The Kier molecular flexibility index (Phi) is 9.17. The third-order valence-electron chi connectivity index (χ3n) is 5.55. The molecule has 0 unspecified atom stereocenters. The van der Waals surface area contributed by atoms with Crippen molar-refractivity contribution in [2.24, 2.45) is 5.92 Å². The summed E-state index contributed by atoms with van der Waals surface area (Å²) in [5.41, 5.74) is 4.78. The minimum atomic E-state index is -0.152. The van der Waals surface area contributed by atoms with Crippen LogP contribution in [0.15, 0.2) is 53.3 Å². The van der Waals surface area contributed by atoms with E-state index in [1.165, 1.54) is 11.1 Å². The van der Waals surface area contributed by atoms with Gasteiger partial charge in [-0.2, -0.15) is 0 Å². The number of ether oxygens (including phenoxy) is 1. The number of allylic oxidation sites excluding steroid dienone is 3. The fourth-order valence-corrected chi connectivity index (χ4v) is 3.60. The van der Waals surface area contributed by atoms with E-state index >= 15 is 0 Å². The molecule has 0 spiro atoms. The van der Waals surface area contributed by atoms with Crippen LogP contribution < -0.4 is 0 Å². The van der Waals surface area contributed by atoms with Gasteiger partial charge in [0.2, 0.25) is 5.91 Å². The van der Waals surface area contributed by atoms with Gasteiger partial charge in [0.25, 0.3) is 0 Å². The van der Waals surface area contributed by atoms with Crippen LogP contribution in [0.5, 0.6) is 0 Å². The smallest absolute Gasteiger partial charge is 0.306 e. The number of unbranched alkanes of at least 4 members (excludes halogenated alkanes) is 2. The first kappa shape index (κ1) is 22.9. The van der Waals surface area contributed by atoms with Gasteiger partial charge in [-0.15, -0.1) is 0 Å². The fraction of sp³-hybridized carbons (Fsp3) is 0.520. The number of carbonyl (C=O) groups is 2. The zero-order chi connectivity index (χ0) is 21.2. The second-order valence-corrected chi connectivity index (χ2v) is 8.07. The van der Waals surface area contributed by atoms with Gasteiger partial charge in [0.1, 0.15) is 6.61 Å². The van der Waals surface area contributed by atoms with Crippen molar-refractivity contribution in [1.29, 1.82) is 0 Å². The summed E-state index contributed by atoms with van der Waals surface area (Å²) in [5, 5.41) is 0. The van der Waals surface area contributed by atoms with E-state index in [-0.39, 0.29) is 11.9 Å². The Bertz CT molecular complexity index is 747. The van der Waals surface area contributed by atoms with Crippen molar-refractivity contribution in [3.8, 4) is 0 Å². The summed E-state index contributed by atoms with van der Waals surface area (Å²) < 4.78 is 5.33. The molecular formula is C25H35NO3. The standard InChI is InChI=1S/C25H35NO3/c1-19(2)20(3)23-14-11-17-26(21(4)27)24(23)15-9-6-10-16-25(28)29-18-22-12-7-5-8-13-22/h5,7-8,12-13,15,19H,6,9-11,14,16-18H2,1-4H3/b23-20-,24-15?. The molecule has 0 saturated carbocycles. The predicted molar refractivity (Wildman–Crippen MR) is 117 cm³/mol. The molecule has 1 aromatic rings. The molecule has 0 radical (unpaired) electrons. The van der Waals surface area contributed by atoms with E-state index in [9.17, 15) is 9.59 Å². The molecule has 0 N–H and O–H groups in total. The Morgan fingerprint density at radius 3 is 2.52 bits per heavy atom. The molecule has 1 amide bonds. The number of piperidine rings is 1. The Labute approximate surface area is 175 Å². The van der Waals surface area contributed by atoms with E-state index in [1.54, 1.807) is 6.92 Å². The number of nitrogens with zero attached hydrogens (tertiary/aromatic N) is 1. The number of amides is 1. The fourth-order valence-electron chi connectivity index (χ4n) is 3.60. The first-order valence-electron chi connectivity index (χ1n) is 10.8. The molecule has 29 heavy (non-hydrogen) atoms. The van der Waals surface area contributed by atoms with Crippen molar-refractivity contribution < 1.29 is 14.3 Å². The van der Waals surface area contributed by atoms with Crippen LogP contribution >= 0.6 is 0 Å². The number of likely N-dealkylation sites (tertiary alicyclic amines) is 1. The Hall–Kier alpha value is -2.36. The van der Waals surface area contributed by atoms with Crippen LogP contribution in [0.3, 0.4) is 0 Å². The minimum absolute atomic E-state index is 0.106. The number of carbonyl (C=O) groups excluding carboxylic acids is 2. The molecule has 4 heteroatoms. The Balaban J connectivity index is 1.86. The molecular weight excluding hydrogens is 362 g/mol. The van der Waals surface area contributed by atoms with Gasteiger partial charge in [-0.3, -0.25) is 9.59 Å². The van der Waals surface area contributed by atoms with Crippen molar-refractivity contribution in [2.45, 2.75) is 72.8 Å². The first-order chi connectivity index (χ1) is 13.9. The molecule has 4 nitrogen and oxygen atoms in total. The quantitative estimate of drug-likeness (QED) is 0.412. The summed E-state index contributed by atoms with van der Waals surface area (Å²) in [5.74, 6) is 0.426. The summed E-state index contributed by atoms with van der Waals surface area (Å²) >= 11 is 0. The summed E-state index contributed by atoms with van der Waals surface area (Å²) in [6.45, 7) is 9.35. The van der Waals surface area contributed by atoms with Gasteiger partial charge in [0, 0.05) is 25.6 Å². The SMILES string of the molecule is CC(=O)N1CCC/C(=C(\C)C(C)C)C1=CCCCCC(=O)OCc1ccccc1. The zero-order valence-electron chi connectivity index (χ0n) is 18.4. The molecule has 0 atom stereocenters. The molecule has 0 aromatic heterocycles. The van der Waals surface area contributed by atoms with Crippen molar-refractivity contribution in [3.05, 3.63) is 58.8 Å². The molecule has 1 aliphatic rings. The van der Waals surface area contributed by atoms with Gasteiger partial charge in [0.15, 0.2) is 0 Å². The summed E-state index contributed by atoms with van der Waals surface area (Å²) in [6, 6.07) is 9.73. The molecule has 1 aliphatic heterocycles. The highest BCUT2D eigenvalue weighted by Gasteiger charge is 2.24. The van der Waals surface area contributed by atoms with Crippen LogP contribution in [0, 0.1) is 5.92 Å². The zero-order valence-corrected chi connectivity index (χ0v) is 18.4. The molecule has 1 heterocycles. The van der Waals surface area contributed by atoms with Crippen molar-refractivity contribution in [1.82, 2.24) is 4.90 Å². The number of esters is 1. The van der Waals surface area contributed by atoms with Crippen molar-refractivity contribution in [3.63, 3.8) is 0 Å². The Morgan fingerprint density at radius 2 is 1.86 bits per heavy atom. The van der Waals surface area contributed by atoms with E-state index in [0.29, 0.717) is 18.9 Å². The molecule has 0 bridgehead atoms. The van der Waals surface area contributed by atoms with Gasteiger partial charge in [-0.25, -0.2) is 0 Å². The monoisotopic (exact) mass is 397 g/mol. The normalized spacial score (nSPS) is 17.6. The third kappa shape index (κ3) is 7.19. The predicted octanol–water partition coefficient (Wildman–Crippen LogP) is 5.79. The maximum atomic E-state index is 12.1. The average molecular weight is 398 g/mol. The minimum Gasteiger partial charge on any atom is -0.461 e. The van der Waals surface area contributed by atoms with Crippen molar-refractivity contribution in [2.75, 3.05) is 6.54 Å². The molecule has 1 saturated heterocycles. The summed E-state index contributed by atoms with van der Waals surface area (Å²) in [4.78, 5) is 26.0. The Morgan fingerprint density at radius 1 is 1.14 bits per heavy atom. The van der Waals surface area contributed by atoms with Crippen LogP contribution in [0.2, 0.25) is 0 Å². The topological polar surface area (TPSA) is 46.6 Å². The van der Waals surface area contributed by atoms with Gasteiger partial charge < -0.3 is 9.64 Å². The van der Waals surface area contributed by atoms with Crippen LogP contribution in [0.4, 0.5) is 0 Å². The second-order valence-electron chi connectivity index (χ2n) is 8.07. The van der Waals surface area contributed by atoms with Gasteiger partial charge in [-0.1, -0.05) is 55.8 Å². The summed E-state index contributed by atoms with van der Waals surface area (Å²) in [7, 11) is 0. The number of hydrogen-bond acceptors (Lipinski definition) is 3. The highest BCUT2D eigenvalue weighted by molar-refractivity contribution is 5.77. The molecule has 158 valence electrons. The van der Waals surface area contributed by atoms with Crippen LogP contribution in [0.25, 0.3) is 0 Å². The van der Waals surface area contributed by atoms with Crippen LogP contribution in [-0.4, -0.2) is 23.3 Å². The summed E-state index contributed by atoms with van der Waals surface area (Å²) in [6.07, 6.45) is 7.23. The third-order valence-corrected chi connectivity index (χ3v) is 5.55. The lowest BCUT2D eigenvalue weighted by Crippen LogP contribution is -2.34. The molecule has 1 aromatic carbocycles. The van der Waals surface area contributed by atoms with Crippen LogP contribution in [-0.2, 0) is 20.9 Å². The van der Waals surface area contributed by atoms with Crippen LogP contribution in [0.1, 0.15) is 71.8 Å². The van der Waals surface area contributed by atoms with Gasteiger partial charge >= 0.3 is 5.97 Å². The number of benzene rings is 1. The molecule has 0 aliphatic carbocycles. The second kappa shape index (κ2) is 11.6. The van der Waals surface area contributed by atoms with Gasteiger partial charge in [-0.05, 0) is 56.1 Å². The highest BCUT2D eigenvalue weighted by atomic mass is 16.5. The van der Waals surface area contributed by atoms with E-state index in [0.717, 1.165) is 49.9 Å². The lowest BCUT2D eigenvalue weighted by molar-refractivity contribution is -0.145. The average Bonchev–Trinajstić information content (AvgIpc) is 2.72. The molecule has 1 fully saturated rings.